The lowest BCUT2D eigenvalue weighted by Crippen LogP contribution is -1.89. The van der Waals surface area contributed by atoms with Crippen LogP contribution in [0.4, 0.5) is 5.69 Å². The van der Waals surface area contributed by atoms with Gasteiger partial charge in [-0.3, -0.25) is 0 Å². The normalized spacial score (nSPS) is 9.64. The molecule has 0 aliphatic heterocycles. The fraction of sp³-hybridized carbons (Fsp3) is 0. The standard InChI is InChI=1S/C7H6Cl2N2/c8-6-1-4(11)2-7(9)5(6)3-10/h1-3,10H,11H2. The third-order valence-electron chi connectivity index (χ3n) is 1.25. The molecule has 0 saturated carbocycles. The Morgan fingerprint density at radius 2 is 1.73 bits per heavy atom. The molecule has 0 unspecified atom stereocenters. The molecule has 3 N–H and O–H groups in total. The van der Waals surface area contributed by atoms with Gasteiger partial charge in [-0.2, -0.15) is 0 Å². The Bertz CT molecular complexity index is 273. The molecule has 58 valence electrons. The van der Waals surface area contributed by atoms with E-state index in [4.69, 9.17) is 34.3 Å². The first-order valence-corrected chi connectivity index (χ1v) is 3.65. The van der Waals surface area contributed by atoms with E-state index in [1.807, 2.05) is 0 Å². The van der Waals surface area contributed by atoms with E-state index in [1.165, 1.54) is 0 Å². The molecule has 0 aromatic heterocycles. The maximum Gasteiger partial charge on any atom is 0.0529 e. The van der Waals surface area contributed by atoms with Crippen molar-refractivity contribution >= 4 is 35.1 Å². The molecule has 1 rings (SSSR count). The Labute approximate surface area is 74.4 Å². The maximum absolute atomic E-state index is 6.96. The van der Waals surface area contributed by atoms with E-state index in [9.17, 15) is 0 Å². The Kier molecular flexibility index (Phi) is 2.37. The SMILES string of the molecule is N=Cc1c(Cl)cc(N)cc1Cl. The van der Waals surface area contributed by atoms with E-state index in [0.717, 1.165) is 6.21 Å². The van der Waals surface area contributed by atoms with Gasteiger partial charge in [0.15, 0.2) is 0 Å². The van der Waals surface area contributed by atoms with Crippen molar-refractivity contribution in [2.24, 2.45) is 0 Å². The molecule has 0 radical (unpaired) electrons. The summed E-state index contributed by atoms with van der Waals surface area (Å²) in [6.45, 7) is 0. The van der Waals surface area contributed by atoms with Gasteiger partial charge in [-0.15, -0.1) is 0 Å². The van der Waals surface area contributed by atoms with Crippen LogP contribution in [0.3, 0.4) is 0 Å². The number of rotatable bonds is 1. The molecule has 0 spiro atoms. The van der Waals surface area contributed by atoms with E-state index < -0.39 is 0 Å². The van der Waals surface area contributed by atoms with Gasteiger partial charge in [-0.25, -0.2) is 0 Å². The summed E-state index contributed by atoms with van der Waals surface area (Å²) in [4.78, 5) is 0. The molecule has 11 heavy (non-hydrogen) atoms. The fourth-order valence-electron chi connectivity index (χ4n) is 0.742. The zero-order valence-electron chi connectivity index (χ0n) is 5.57. The lowest BCUT2D eigenvalue weighted by atomic mass is 10.2. The van der Waals surface area contributed by atoms with Crippen molar-refractivity contribution in [1.29, 1.82) is 5.41 Å². The average Bonchev–Trinajstić information content (AvgIpc) is 1.85. The number of anilines is 1. The van der Waals surface area contributed by atoms with E-state index >= 15 is 0 Å². The molecule has 4 heteroatoms. The van der Waals surface area contributed by atoms with Crippen LogP contribution in [0.15, 0.2) is 12.1 Å². The smallest absolute Gasteiger partial charge is 0.0529 e. The maximum atomic E-state index is 6.96. The molecule has 2 nitrogen and oxygen atoms in total. The molecule has 1 aromatic carbocycles. The minimum Gasteiger partial charge on any atom is -0.399 e. The summed E-state index contributed by atoms with van der Waals surface area (Å²) in [6, 6.07) is 3.13. The average molecular weight is 189 g/mol. The topological polar surface area (TPSA) is 49.9 Å². The number of nitrogens with two attached hydrogens (primary N) is 1. The van der Waals surface area contributed by atoms with Crippen LogP contribution in [0, 0.1) is 5.41 Å². The molecule has 0 bridgehead atoms. The molecule has 0 amide bonds. The molecule has 0 atom stereocenters. The van der Waals surface area contributed by atoms with Crippen LogP contribution in [-0.2, 0) is 0 Å². The second-order valence-electron chi connectivity index (χ2n) is 2.04. The molecule has 0 aliphatic rings. The van der Waals surface area contributed by atoms with Crippen LogP contribution in [0.2, 0.25) is 10.0 Å². The highest BCUT2D eigenvalue weighted by atomic mass is 35.5. The van der Waals surface area contributed by atoms with Gasteiger partial charge in [0.1, 0.15) is 0 Å². The van der Waals surface area contributed by atoms with Gasteiger partial charge in [0.05, 0.1) is 10.0 Å². The van der Waals surface area contributed by atoms with Crippen LogP contribution >= 0.6 is 23.2 Å². The van der Waals surface area contributed by atoms with Crippen molar-refractivity contribution in [3.05, 3.63) is 27.7 Å². The minimum absolute atomic E-state index is 0.407. The van der Waals surface area contributed by atoms with Gasteiger partial charge >= 0.3 is 0 Å². The summed E-state index contributed by atoms with van der Waals surface area (Å²) >= 11 is 11.4. The van der Waals surface area contributed by atoms with Gasteiger partial charge in [-0.1, -0.05) is 23.2 Å². The molecule has 0 fully saturated rings. The third kappa shape index (κ3) is 1.64. The predicted molar refractivity (Wildman–Crippen MR) is 48.8 cm³/mol. The summed E-state index contributed by atoms with van der Waals surface area (Å²) in [7, 11) is 0. The summed E-state index contributed by atoms with van der Waals surface area (Å²) in [5, 5.41) is 7.78. The first-order valence-electron chi connectivity index (χ1n) is 2.90. The van der Waals surface area contributed by atoms with E-state index in [2.05, 4.69) is 0 Å². The number of halogens is 2. The lowest BCUT2D eigenvalue weighted by molar-refractivity contribution is 1.54. The molecular weight excluding hydrogens is 183 g/mol. The van der Waals surface area contributed by atoms with Crippen molar-refractivity contribution in [2.75, 3.05) is 5.73 Å². The van der Waals surface area contributed by atoms with E-state index in [-0.39, 0.29) is 0 Å². The number of nitrogen functional groups attached to an aromatic ring is 1. The van der Waals surface area contributed by atoms with Crippen LogP contribution < -0.4 is 5.73 Å². The molecule has 0 aliphatic carbocycles. The quantitative estimate of drug-likeness (QED) is 0.517. The number of hydrogen-bond donors (Lipinski definition) is 2. The first kappa shape index (κ1) is 8.37. The van der Waals surface area contributed by atoms with E-state index in [0.29, 0.717) is 21.3 Å². The van der Waals surface area contributed by atoms with Crippen LogP contribution in [0.1, 0.15) is 5.56 Å². The second-order valence-corrected chi connectivity index (χ2v) is 2.86. The highest BCUT2D eigenvalue weighted by Gasteiger charge is 2.03. The van der Waals surface area contributed by atoms with Crippen LogP contribution in [-0.4, -0.2) is 6.21 Å². The lowest BCUT2D eigenvalue weighted by Gasteiger charge is -2.01. The van der Waals surface area contributed by atoms with Gasteiger partial charge in [-0.05, 0) is 12.1 Å². The predicted octanol–water partition coefficient (Wildman–Crippen LogP) is 2.57. The summed E-state index contributed by atoms with van der Waals surface area (Å²) < 4.78 is 0. The Balaban J connectivity index is 3.36. The molecular formula is C7H6Cl2N2. The van der Waals surface area contributed by atoms with Crippen LogP contribution in [0.5, 0.6) is 0 Å². The third-order valence-corrected chi connectivity index (χ3v) is 1.87. The van der Waals surface area contributed by atoms with Crippen molar-refractivity contribution in [2.45, 2.75) is 0 Å². The first-order chi connectivity index (χ1) is 5.15. The van der Waals surface area contributed by atoms with Crippen molar-refractivity contribution < 1.29 is 0 Å². The zero-order valence-corrected chi connectivity index (χ0v) is 7.08. The second kappa shape index (κ2) is 3.11. The number of nitrogens with one attached hydrogen (secondary N) is 1. The Morgan fingerprint density at radius 1 is 1.27 bits per heavy atom. The molecule has 1 aromatic rings. The Hall–Kier alpha value is -0.730. The molecule has 0 saturated heterocycles. The summed E-state index contributed by atoms with van der Waals surface area (Å²) in [5.74, 6) is 0. The van der Waals surface area contributed by atoms with Crippen molar-refractivity contribution in [3.63, 3.8) is 0 Å². The monoisotopic (exact) mass is 188 g/mol. The van der Waals surface area contributed by atoms with Crippen molar-refractivity contribution in [3.8, 4) is 0 Å². The van der Waals surface area contributed by atoms with Crippen LogP contribution in [0.25, 0.3) is 0 Å². The highest BCUT2D eigenvalue weighted by molar-refractivity contribution is 6.38. The van der Waals surface area contributed by atoms with Gasteiger partial charge < -0.3 is 11.1 Å². The Morgan fingerprint density at radius 3 is 2.09 bits per heavy atom. The largest absolute Gasteiger partial charge is 0.399 e. The minimum atomic E-state index is 0.407. The van der Waals surface area contributed by atoms with Crippen molar-refractivity contribution in [1.82, 2.24) is 0 Å². The highest BCUT2D eigenvalue weighted by Crippen LogP contribution is 2.25. The summed E-state index contributed by atoms with van der Waals surface area (Å²) in [6.07, 6.45) is 1.10. The zero-order chi connectivity index (χ0) is 8.43. The van der Waals surface area contributed by atoms with E-state index in [1.54, 1.807) is 12.1 Å². The summed E-state index contributed by atoms with van der Waals surface area (Å²) in [5.41, 5.74) is 6.45. The number of benzene rings is 1. The van der Waals surface area contributed by atoms with Gasteiger partial charge in [0.25, 0.3) is 0 Å². The fourth-order valence-corrected chi connectivity index (χ4v) is 1.35. The van der Waals surface area contributed by atoms with Gasteiger partial charge in [0.2, 0.25) is 0 Å². The molecule has 0 heterocycles. The number of hydrogen-bond acceptors (Lipinski definition) is 2. The van der Waals surface area contributed by atoms with Gasteiger partial charge in [0, 0.05) is 17.5 Å².